The molecule has 0 unspecified atom stereocenters. The zero-order valence-electron chi connectivity index (χ0n) is 10.5. The molecule has 0 atom stereocenters. The molecule has 0 saturated carbocycles. The third-order valence-electron chi connectivity index (χ3n) is 2.02. The van der Waals surface area contributed by atoms with Gasteiger partial charge in [0.2, 0.25) is 5.91 Å². The number of nitrogens with one attached hydrogen (secondary N) is 1. The summed E-state index contributed by atoms with van der Waals surface area (Å²) >= 11 is 5.76. The molecule has 1 rings (SSSR count). The molecule has 8 heteroatoms. The maximum atomic E-state index is 11.9. The lowest BCUT2D eigenvalue weighted by molar-refractivity contribution is -0.117. The van der Waals surface area contributed by atoms with E-state index in [1.165, 1.54) is 25.3 Å². The van der Waals surface area contributed by atoms with Crippen LogP contribution in [0.3, 0.4) is 0 Å². The molecule has 6 nitrogen and oxygen atoms in total. The molecule has 0 aliphatic carbocycles. The van der Waals surface area contributed by atoms with E-state index in [0.717, 1.165) is 6.92 Å². The van der Waals surface area contributed by atoms with Crippen LogP contribution in [0.2, 0.25) is 5.02 Å². The van der Waals surface area contributed by atoms with Gasteiger partial charge < -0.3 is 9.47 Å². The Hall–Kier alpha value is -1.31. The van der Waals surface area contributed by atoms with Gasteiger partial charge in [-0.3, -0.25) is 4.79 Å². The van der Waals surface area contributed by atoms with E-state index in [0.29, 0.717) is 6.61 Å². The highest BCUT2D eigenvalue weighted by atomic mass is 35.5. The fourth-order valence-electron chi connectivity index (χ4n) is 1.29. The predicted octanol–water partition coefficient (Wildman–Crippen LogP) is 1.19. The molecule has 0 aromatic heterocycles. The van der Waals surface area contributed by atoms with Crippen LogP contribution in [-0.4, -0.2) is 34.6 Å². The largest absolute Gasteiger partial charge is 0.490 e. The molecule has 0 aliphatic rings. The summed E-state index contributed by atoms with van der Waals surface area (Å²) in [5.74, 6) is -0.585. The summed E-state index contributed by atoms with van der Waals surface area (Å²) in [5, 5.41) is 0.225. The molecule has 1 amide bonds. The van der Waals surface area contributed by atoms with Crippen LogP contribution in [0.15, 0.2) is 23.1 Å². The topological polar surface area (TPSA) is 81.7 Å². The molecule has 0 heterocycles. The van der Waals surface area contributed by atoms with Crippen molar-refractivity contribution >= 4 is 27.5 Å². The number of methoxy groups -OCH3 is 1. The van der Waals surface area contributed by atoms with Gasteiger partial charge in [0.05, 0.1) is 6.61 Å². The zero-order chi connectivity index (χ0) is 14.5. The van der Waals surface area contributed by atoms with Crippen molar-refractivity contribution in [3.05, 3.63) is 23.2 Å². The van der Waals surface area contributed by atoms with Crippen LogP contribution in [0.5, 0.6) is 5.75 Å². The first-order valence-corrected chi connectivity index (χ1v) is 7.17. The van der Waals surface area contributed by atoms with Gasteiger partial charge in [0.1, 0.15) is 17.3 Å². The van der Waals surface area contributed by atoms with Gasteiger partial charge in [-0.1, -0.05) is 11.6 Å². The second-order valence-corrected chi connectivity index (χ2v) is 5.68. The number of amides is 1. The molecule has 0 saturated heterocycles. The zero-order valence-corrected chi connectivity index (χ0v) is 12.0. The first kappa shape index (κ1) is 15.7. The van der Waals surface area contributed by atoms with E-state index in [2.05, 4.69) is 0 Å². The second kappa shape index (κ2) is 6.74. The highest BCUT2D eigenvalue weighted by Gasteiger charge is 2.21. The molecule has 0 aliphatic heterocycles. The molecule has 1 aromatic rings. The van der Waals surface area contributed by atoms with Crippen molar-refractivity contribution in [3.63, 3.8) is 0 Å². The van der Waals surface area contributed by atoms with Gasteiger partial charge in [0.25, 0.3) is 10.0 Å². The summed E-state index contributed by atoms with van der Waals surface area (Å²) in [6.45, 7) is 1.59. The summed E-state index contributed by atoms with van der Waals surface area (Å²) in [7, 11) is -2.50. The standard InChI is InChI=1S/C11H14ClNO5S/c1-8(14)13-19(15,16)11-7-9(12)3-4-10(11)18-6-5-17-2/h3-4,7H,5-6H2,1-2H3,(H,13,14). The first-order valence-electron chi connectivity index (χ1n) is 5.31. The predicted molar refractivity (Wildman–Crippen MR) is 69.8 cm³/mol. The Kier molecular flexibility index (Phi) is 5.59. The van der Waals surface area contributed by atoms with Crippen molar-refractivity contribution in [3.8, 4) is 5.75 Å². The SMILES string of the molecule is COCCOc1ccc(Cl)cc1S(=O)(=O)NC(C)=O. The van der Waals surface area contributed by atoms with Gasteiger partial charge in [-0.2, -0.15) is 0 Å². The van der Waals surface area contributed by atoms with E-state index in [9.17, 15) is 13.2 Å². The number of rotatable bonds is 6. The third kappa shape index (κ3) is 4.70. The van der Waals surface area contributed by atoms with Crippen LogP contribution in [0.1, 0.15) is 6.92 Å². The van der Waals surface area contributed by atoms with Crippen LogP contribution in [0, 0.1) is 0 Å². The van der Waals surface area contributed by atoms with Gasteiger partial charge in [0, 0.05) is 19.1 Å². The van der Waals surface area contributed by atoms with Crippen molar-refractivity contribution in [2.75, 3.05) is 20.3 Å². The van der Waals surface area contributed by atoms with Gasteiger partial charge >= 0.3 is 0 Å². The number of carbonyl (C=O) groups excluding carboxylic acids is 1. The molecule has 0 spiro atoms. The summed E-state index contributed by atoms with van der Waals surface area (Å²) in [6.07, 6.45) is 0. The Labute approximate surface area is 116 Å². The summed E-state index contributed by atoms with van der Waals surface area (Å²) < 4.78 is 35.8. The number of carbonyl (C=O) groups is 1. The third-order valence-corrected chi connectivity index (χ3v) is 3.71. The molecule has 0 radical (unpaired) electrons. The summed E-state index contributed by atoms with van der Waals surface area (Å²) in [5.41, 5.74) is 0. The Morgan fingerprint density at radius 3 is 2.63 bits per heavy atom. The molecule has 1 N–H and O–H groups in total. The lowest BCUT2D eigenvalue weighted by Crippen LogP contribution is -2.28. The fourth-order valence-corrected chi connectivity index (χ4v) is 2.69. The van der Waals surface area contributed by atoms with Gasteiger partial charge in [0.15, 0.2) is 0 Å². The van der Waals surface area contributed by atoms with Gasteiger partial charge in [-0.15, -0.1) is 0 Å². The van der Waals surface area contributed by atoms with Gasteiger partial charge in [-0.25, -0.2) is 13.1 Å². The lowest BCUT2D eigenvalue weighted by Gasteiger charge is -2.12. The van der Waals surface area contributed by atoms with Crippen molar-refractivity contribution in [1.82, 2.24) is 4.72 Å². The molecule has 106 valence electrons. The normalized spacial score (nSPS) is 11.1. The molecular formula is C11H14ClNO5S. The first-order chi connectivity index (χ1) is 8.86. The smallest absolute Gasteiger partial charge is 0.267 e. The highest BCUT2D eigenvalue weighted by Crippen LogP contribution is 2.27. The van der Waals surface area contributed by atoms with Gasteiger partial charge in [-0.05, 0) is 18.2 Å². The van der Waals surface area contributed by atoms with E-state index in [4.69, 9.17) is 21.1 Å². The quantitative estimate of drug-likeness (QED) is 0.798. The monoisotopic (exact) mass is 307 g/mol. The number of sulfonamides is 1. The van der Waals surface area contributed by atoms with E-state index >= 15 is 0 Å². The van der Waals surface area contributed by atoms with Crippen LogP contribution in [-0.2, 0) is 19.6 Å². The number of ether oxygens (including phenoxy) is 2. The van der Waals surface area contributed by atoms with E-state index < -0.39 is 15.9 Å². The number of benzene rings is 1. The number of hydrogen-bond donors (Lipinski definition) is 1. The minimum Gasteiger partial charge on any atom is -0.490 e. The Balaban J connectivity index is 3.09. The average Bonchev–Trinajstić information content (AvgIpc) is 2.29. The van der Waals surface area contributed by atoms with Crippen LogP contribution < -0.4 is 9.46 Å². The maximum absolute atomic E-state index is 11.9. The Morgan fingerprint density at radius 2 is 2.05 bits per heavy atom. The average molecular weight is 308 g/mol. The number of halogens is 1. The lowest BCUT2D eigenvalue weighted by atomic mass is 10.3. The minimum absolute atomic E-state index is 0.107. The van der Waals surface area contributed by atoms with Crippen molar-refractivity contribution < 1.29 is 22.7 Å². The second-order valence-electron chi connectivity index (χ2n) is 3.59. The van der Waals surface area contributed by atoms with E-state index in [1.807, 2.05) is 4.72 Å². The van der Waals surface area contributed by atoms with Crippen molar-refractivity contribution in [1.29, 1.82) is 0 Å². The molecule has 0 bridgehead atoms. The molecule has 19 heavy (non-hydrogen) atoms. The van der Waals surface area contributed by atoms with Crippen LogP contribution in [0.25, 0.3) is 0 Å². The van der Waals surface area contributed by atoms with Crippen LogP contribution >= 0.6 is 11.6 Å². The van der Waals surface area contributed by atoms with Crippen molar-refractivity contribution in [2.24, 2.45) is 0 Å². The Bertz CT molecular complexity index is 558. The molecule has 1 aromatic carbocycles. The highest BCUT2D eigenvalue weighted by molar-refractivity contribution is 7.90. The van der Waals surface area contributed by atoms with Crippen molar-refractivity contribution in [2.45, 2.75) is 11.8 Å². The van der Waals surface area contributed by atoms with E-state index in [-0.39, 0.29) is 22.3 Å². The van der Waals surface area contributed by atoms with E-state index in [1.54, 1.807) is 0 Å². The summed E-state index contributed by atoms with van der Waals surface area (Å²) in [6, 6.07) is 4.14. The molecular weight excluding hydrogens is 294 g/mol. The maximum Gasteiger partial charge on any atom is 0.267 e. The Morgan fingerprint density at radius 1 is 1.37 bits per heavy atom. The fraction of sp³-hybridized carbons (Fsp3) is 0.364. The minimum atomic E-state index is -4.00. The summed E-state index contributed by atoms with van der Waals surface area (Å²) in [4.78, 5) is 10.7. The number of hydrogen-bond acceptors (Lipinski definition) is 5. The molecule has 0 fully saturated rings. The van der Waals surface area contributed by atoms with Crippen LogP contribution in [0.4, 0.5) is 0 Å².